The van der Waals surface area contributed by atoms with Crippen LogP contribution in [0, 0.1) is 23.2 Å². The van der Waals surface area contributed by atoms with Gasteiger partial charge < -0.3 is 5.32 Å². The molecule has 1 N–H and O–H groups in total. The number of rotatable bonds is 5. The highest BCUT2D eigenvalue weighted by atomic mass is 14.9. The van der Waals surface area contributed by atoms with Crippen molar-refractivity contribution in [2.45, 2.75) is 57.9 Å². The van der Waals surface area contributed by atoms with E-state index in [1.165, 1.54) is 44.2 Å². The van der Waals surface area contributed by atoms with Crippen LogP contribution in [0.15, 0.2) is 24.4 Å². The average Bonchev–Trinajstić information content (AvgIpc) is 2.46. The van der Waals surface area contributed by atoms with Gasteiger partial charge >= 0.3 is 0 Å². The van der Waals surface area contributed by atoms with Gasteiger partial charge in [-0.1, -0.05) is 13.0 Å². The quantitative estimate of drug-likeness (QED) is 0.889. The minimum Gasteiger partial charge on any atom is -0.313 e. The molecular weight excluding hydrogens is 256 g/mol. The van der Waals surface area contributed by atoms with Crippen molar-refractivity contribution < 1.29 is 0 Å². The molecule has 4 aliphatic rings. The van der Waals surface area contributed by atoms with Crippen LogP contribution in [-0.2, 0) is 6.42 Å². The lowest BCUT2D eigenvalue weighted by Crippen LogP contribution is -2.56. The second-order valence-corrected chi connectivity index (χ2v) is 7.92. The number of aromatic nitrogens is 1. The lowest BCUT2D eigenvalue weighted by Gasteiger charge is -2.59. The molecule has 0 saturated heterocycles. The molecule has 4 saturated carbocycles. The lowest BCUT2D eigenvalue weighted by molar-refractivity contribution is -0.0735. The van der Waals surface area contributed by atoms with Crippen LogP contribution < -0.4 is 5.32 Å². The SMILES string of the molecule is CCNC(Cc1ccccn1)C12CC3CC(CC(C3)C1)C2. The molecule has 1 heterocycles. The van der Waals surface area contributed by atoms with Crippen LogP contribution in [0.1, 0.15) is 51.1 Å². The van der Waals surface area contributed by atoms with Crippen LogP contribution in [0.4, 0.5) is 0 Å². The Morgan fingerprint density at radius 3 is 2.33 bits per heavy atom. The molecule has 21 heavy (non-hydrogen) atoms. The summed E-state index contributed by atoms with van der Waals surface area (Å²) < 4.78 is 0. The second-order valence-electron chi connectivity index (χ2n) is 7.92. The predicted molar refractivity (Wildman–Crippen MR) is 86.0 cm³/mol. The maximum absolute atomic E-state index is 4.59. The summed E-state index contributed by atoms with van der Waals surface area (Å²) in [5.41, 5.74) is 1.83. The van der Waals surface area contributed by atoms with Gasteiger partial charge in [0.2, 0.25) is 0 Å². The van der Waals surface area contributed by atoms with Crippen LogP contribution in [0.25, 0.3) is 0 Å². The Kier molecular flexibility index (Phi) is 3.53. The molecule has 1 aromatic heterocycles. The van der Waals surface area contributed by atoms with E-state index in [4.69, 9.17) is 0 Å². The minimum atomic E-state index is 0.572. The maximum atomic E-state index is 4.59. The molecule has 1 unspecified atom stereocenters. The van der Waals surface area contributed by atoms with Crippen LogP contribution in [0.2, 0.25) is 0 Å². The summed E-state index contributed by atoms with van der Waals surface area (Å²) in [5.74, 6) is 3.09. The molecule has 0 aromatic carbocycles. The van der Waals surface area contributed by atoms with Crippen molar-refractivity contribution in [2.75, 3.05) is 6.54 Å². The van der Waals surface area contributed by atoms with Crippen molar-refractivity contribution >= 4 is 0 Å². The van der Waals surface area contributed by atoms with Gasteiger partial charge in [0.15, 0.2) is 0 Å². The fraction of sp³-hybridized carbons (Fsp3) is 0.737. The third kappa shape index (κ3) is 2.52. The molecule has 2 heteroatoms. The first kappa shape index (κ1) is 13.8. The van der Waals surface area contributed by atoms with Gasteiger partial charge in [0, 0.05) is 24.4 Å². The van der Waals surface area contributed by atoms with E-state index in [1.807, 2.05) is 12.3 Å². The largest absolute Gasteiger partial charge is 0.313 e. The molecule has 0 spiro atoms. The smallest absolute Gasteiger partial charge is 0.0419 e. The highest BCUT2D eigenvalue weighted by Gasteiger charge is 2.53. The second kappa shape index (κ2) is 5.39. The fourth-order valence-corrected chi connectivity index (χ4v) is 6.08. The van der Waals surface area contributed by atoms with E-state index >= 15 is 0 Å². The zero-order valence-corrected chi connectivity index (χ0v) is 13.2. The standard InChI is InChI=1S/C19H28N2/c1-2-20-18(10-17-5-3-4-6-21-17)19-11-14-7-15(12-19)9-16(8-14)13-19/h3-6,14-16,18,20H,2,7-13H2,1H3. The summed E-state index contributed by atoms with van der Waals surface area (Å²) in [4.78, 5) is 4.59. The van der Waals surface area contributed by atoms with E-state index in [2.05, 4.69) is 29.4 Å². The molecule has 114 valence electrons. The highest BCUT2D eigenvalue weighted by Crippen LogP contribution is 2.61. The Bertz CT molecular complexity index is 446. The Hall–Kier alpha value is -0.890. The monoisotopic (exact) mass is 284 g/mol. The lowest BCUT2D eigenvalue weighted by atomic mass is 9.47. The van der Waals surface area contributed by atoms with Gasteiger partial charge in [-0.15, -0.1) is 0 Å². The summed E-state index contributed by atoms with van der Waals surface area (Å²) in [5, 5.41) is 3.85. The van der Waals surface area contributed by atoms with Crippen LogP contribution in [0.5, 0.6) is 0 Å². The molecule has 1 atom stereocenters. The van der Waals surface area contributed by atoms with Gasteiger partial charge in [-0.3, -0.25) is 4.98 Å². The molecule has 0 aliphatic heterocycles. The van der Waals surface area contributed by atoms with Crippen molar-refractivity contribution in [1.82, 2.24) is 10.3 Å². The van der Waals surface area contributed by atoms with E-state index in [0.29, 0.717) is 11.5 Å². The first-order valence-corrected chi connectivity index (χ1v) is 8.91. The average molecular weight is 284 g/mol. The summed E-state index contributed by atoms with van der Waals surface area (Å²) in [6, 6.07) is 6.98. The van der Waals surface area contributed by atoms with Gasteiger partial charge in [0.05, 0.1) is 0 Å². The van der Waals surface area contributed by atoms with Gasteiger partial charge in [-0.2, -0.15) is 0 Å². The highest BCUT2D eigenvalue weighted by molar-refractivity contribution is 5.11. The zero-order chi connectivity index (χ0) is 14.3. The Morgan fingerprint density at radius 2 is 1.81 bits per heavy atom. The number of hydrogen-bond donors (Lipinski definition) is 1. The molecular formula is C19H28N2. The predicted octanol–water partition coefficient (Wildman–Crippen LogP) is 3.82. The number of hydrogen-bond acceptors (Lipinski definition) is 2. The molecule has 0 amide bonds. The van der Waals surface area contributed by atoms with E-state index in [-0.39, 0.29) is 0 Å². The third-order valence-corrected chi connectivity index (χ3v) is 6.41. The van der Waals surface area contributed by atoms with Crippen molar-refractivity contribution in [3.8, 4) is 0 Å². The van der Waals surface area contributed by atoms with Crippen molar-refractivity contribution in [3.63, 3.8) is 0 Å². The maximum Gasteiger partial charge on any atom is 0.0419 e. The number of pyridine rings is 1. The fourth-order valence-electron chi connectivity index (χ4n) is 6.08. The molecule has 5 rings (SSSR count). The van der Waals surface area contributed by atoms with Crippen LogP contribution in [-0.4, -0.2) is 17.6 Å². The van der Waals surface area contributed by atoms with Crippen molar-refractivity contribution in [2.24, 2.45) is 23.2 Å². The normalized spacial score (nSPS) is 38.6. The van der Waals surface area contributed by atoms with Crippen molar-refractivity contribution in [1.29, 1.82) is 0 Å². The molecule has 4 aliphatic carbocycles. The number of nitrogens with zero attached hydrogens (tertiary/aromatic N) is 1. The van der Waals surface area contributed by atoms with Gasteiger partial charge in [-0.05, 0) is 80.4 Å². The first-order valence-electron chi connectivity index (χ1n) is 8.91. The number of nitrogens with one attached hydrogen (secondary N) is 1. The minimum absolute atomic E-state index is 0.572. The zero-order valence-electron chi connectivity index (χ0n) is 13.2. The summed E-state index contributed by atoms with van der Waals surface area (Å²) >= 11 is 0. The summed E-state index contributed by atoms with van der Waals surface area (Å²) in [6.45, 7) is 3.34. The first-order chi connectivity index (χ1) is 10.3. The summed E-state index contributed by atoms with van der Waals surface area (Å²) in [6.07, 6.45) is 12.1. The topological polar surface area (TPSA) is 24.9 Å². The molecule has 4 bridgehead atoms. The van der Waals surface area contributed by atoms with Crippen LogP contribution in [0.3, 0.4) is 0 Å². The van der Waals surface area contributed by atoms with Gasteiger partial charge in [0.25, 0.3) is 0 Å². The summed E-state index contributed by atoms with van der Waals surface area (Å²) in [7, 11) is 0. The van der Waals surface area contributed by atoms with E-state index in [9.17, 15) is 0 Å². The molecule has 4 fully saturated rings. The Morgan fingerprint density at radius 1 is 1.14 bits per heavy atom. The van der Waals surface area contributed by atoms with Crippen LogP contribution >= 0.6 is 0 Å². The third-order valence-electron chi connectivity index (χ3n) is 6.41. The van der Waals surface area contributed by atoms with Crippen molar-refractivity contribution in [3.05, 3.63) is 30.1 Å². The molecule has 0 radical (unpaired) electrons. The molecule has 2 nitrogen and oxygen atoms in total. The molecule has 1 aromatic rings. The van der Waals surface area contributed by atoms with E-state index < -0.39 is 0 Å². The van der Waals surface area contributed by atoms with E-state index in [1.54, 1.807) is 0 Å². The Balaban J connectivity index is 1.58. The Labute approximate surface area is 128 Å². The van der Waals surface area contributed by atoms with Gasteiger partial charge in [0.1, 0.15) is 0 Å². The number of likely N-dealkylation sites (N-methyl/N-ethyl adjacent to an activating group) is 1. The van der Waals surface area contributed by atoms with Gasteiger partial charge in [-0.25, -0.2) is 0 Å². The van der Waals surface area contributed by atoms with E-state index in [0.717, 1.165) is 30.7 Å².